The summed E-state index contributed by atoms with van der Waals surface area (Å²) in [7, 11) is -3.62. The fourth-order valence-electron chi connectivity index (χ4n) is 1.97. The van der Waals surface area contributed by atoms with Crippen LogP contribution in [0.5, 0.6) is 0 Å². The average molecular weight is 302 g/mol. The van der Waals surface area contributed by atoms with E-state index >= 15 is 0 Å². The lowest BCUT2D eigenvalue weighted by Crippen LogP contribution is -2.29. The minimum atomic E-state index is -3.62. The van der Waals surface area contributed by atoms with Gasteiger partial charge in [-0.1, -0.05) is 30.3 Å². The lowest BCUT2D eigenvalue weighted by atomic mass is 10.2. The van der Waals surface area contributed by atoms with Gasteiger partial charge in [0.1, 0.15) is 0 Å². The summed E-state index contributed by atoms with van der Waals surface area (Å²) in [5.74, 6) is 0. The van der Waals surface area contributed by atoms with Gasteiger partial charge in [0, 0.05) is 11.9 Å². The number of nitrogens with one attached hydrogen (secondary N) is 3. The predicted molar refractivity (Wildman–Crippen MR) is 81.9 cm³/mol. The van der Waals surface area contributed by atoms with Crippen LogP contribution in [0.4, 0.5) is 5.69 Å². The van der Waals surface area contributed by atoms with Crippen LogP contribution in [0.25, 0.3) is 10.9 Å². The first-order valence-electron chi connectivity index (χ1n) is 6.37. The van der Waals surface area contributed by atoms with Crippen molar-refractivity contribution in [3.8, 4) is 0 Å². The summed E-state index contributed by atoms with van der Waals surface area (Å²) in [6.45, 7) is 0.239. The average Bonchev–Trinajstić information content (AvgIpc) is 2.93. The number of hydrogen-bond acceptors (Lipinski definition) is 3. The van der Waals surface area contributed by atoms with E-state index in [1.807, 2.05) is 30.3 Å². The van der Waals surface area contributed by atoms with Crippen molar-refractivity contribution in [1.82, 2.24) is 14.9 Å². The molecule has 108 valence electrons. The molecule has 2 aromatic carbocycles. The van der Waals surface area contributed by atoms with E-state index in [9.17, 15) is 8.42 Å². The minimum absolute atomic E-state index is 0.239. The van der Waals surface area contributed by atoms with Crippen LogP contribution >= 0.6 is 0 Å². The van der Waals surface area contributed by atoms with E-state index in [1.54, 1.807) is 24.4 Å². The van der Waals surface area contributed by atoms with Crippen molar-refractivity contribution < 1.29 is 8.42 Å². The molecule has 0 unspecified atom stereocenters. The Kier molecular flexibility index (Phi) is 3.59. The summed E-state index contributed by atoms with van der Waals surface area (Å²) in [4.78, 5) is 0. The number of benzene rings is 2. The van der Waals surface area contributed by atoms with Crippen LogP contribution in [0.2, 0.25) is 0 Å². The van der Waals surface area contributed by atoms with Gasteiger partial charge in [0.25, 0.3) is 10.2 Å². The molecule has 3 aromatic rings. The highest BCUT2D eigenvalue weighted by atomic mass is 32.2. The molecule has 0 aliphatic rings. The van der Waals surface area contributed by atoms with Gasteiger partial charge in [0.15, 0.2) is 0 Å². The first kappa shape index (κ1) is 13.6. The number of hydrogen-bond donors (Lipinski definition) is 3. The molecule has 1 heterocycles. The second kappa shape index (κ2) is 5.55. The lowest BCUT2D eigenvalue weighted by Gasteiger charge is -2.09. The Morgan fingerprint density at radius 1 is 1.10 bits per heavy atom. The van der Waals surface area contributed by atoms with Gasteiger partial charge in [0.05, 0.1) is 17.4 Å². The topological polar surface area (TPSA) is 86.9 Å². The van der Waals surface area contributed by atoms with E-state index in [1.165, 1.54) is 0 Å². The molecule has 0 spiro atoms. The largest absolute Gasteiger partial charge is 0.299 e. The van der Waals surface area contributed by atoms with Crippen LogP contribution in [-0.2, 0) is 16.8 Å². The van der Waals surface area contributed by atoms with Crippen molar-refractivity contribution in [2.24, 2.45) is 0 Å². The van der Waals surface area contributed by atoms with Gasteiger partial charge in [-0.15, -0.1) is 0 Å². The number of aromatic nitrogens is 2. The quantitative estimate of drug-likeness (QED) is 0.674. The molecular weight excluding hydrogens is 288 g/mol. The SMILES string of the molecule is O=S(=O)(NCc1ccccc1)Nc1ccc2cn[nH]c2c1. The van der Waals surface area contributed by atoms with E-state index < -0.39 is 10.2 Å². The molecule has 0 fully saturated rings. The molecule has 6 nitrogen and oxygen atoms in total. The third-order valence-electron chi connectivity index (χ3n) is 3.00. The molecule has 7 heteroatoms. The van der Waals surface area contributed by atoms with Crippen LogP contribution in [0, 0.1) is 0 Å². The van der Waals surface area contributed by atoms with Crippen LogP contribution in [0.3, 0.4) is 0 Å². The fourth-order valence-corrected chi connectivity index (χ4v) is 2.83. The van der Waals surface area contributed by atoms with E-state index in [4.69, 9.17) is 0 Å². The van der Waals surface area contributed by atoms with Crippen molar-refractivity contribution >= 4 is 26.8 Å². The highest BCUT2D eigenvalue weighted by molar-refractivity contribution is 7.90. The summed E-state index contributed by atoms with van der Waals surface area (Å²) in [6.07, 6.45) is 1.68. The molecule has 3 N–H and O–H groups in total. The van der Waals surface area contributed by atoms with Crippen molar-refractivity contribution in [2.45, 2.75) is 6.54 Å². The normalized spacial score (nSPS) is 11.6. The zero-order valence-corrected chi connectivity index (χ0v) is 11.9. The Morgan fingerprint density at radius 2 is 1.90 bits per heavy atom. The summed E-state index contributed by atoms with van der Waals surface area (Å²) in [6, 6.07) is 14.5. The highest BCUT2D eigenvalue weighted by Crippen LogP contribution is 2.17. The van der Waals surface area contributed by atoms with Gasteiger partial charge in [-0.3, -0.25) is 9.82 Å². The van der Waals surface area contributed by atoms with Crippen molar-refractivity contribution in [2.75, 3.05) is 4.72 Å². The highest BCUT2D eigenvalue weighted by Gasteiger charge is 2.10. The molecule has 0 saturated carbocycles. The van der Waals surface area contributed by atoms with E-state index in [-0.39, 0.29) is 6.54 Å². The molecule has 3 rings (SSSR count). The van der Waals surface area contributed by atoms with Gasteiger partial charge in [-0.05, 0) is 23.8 Å². The zero-order valence-electron chi connectivity index (χ0n) is 11.1. The van der Waals surface area contributed by atoms with Crippen LogP contribution in [0.1, 0.15) is 5.56 Å². The van der Waals surface area contributed by atoms with E-state index in [0.717, 1.165) is 16.5 Å². The molecule has 0 atom stereocenters. The number of anilines is 1. The summed E-state index contributed by atoms with van der Waals surface area (Å²) < 4.78 is 29.0. The van der Waals surface area contributed by atoms with Gasteiger partial charge < -0.3 is 0 Å². The second-order valence-electron chi connectivity index (χ2n) is 4.58. The Balaban J connectivity index is 1.70. The molecule has 1 aromatic heterocycles. The molecule has 0 amide bonds. The minimum Gasteiger partial charge on any atom is -0.278 e. The molecule has 0 saturated heterocycles. The number of rotatable bonds is 5. The fraction of sp³-hybridized carbons (Fsp3) is 0.0714. The van der Waals surface area contributed by atoms with Gasteiger partial charge in [-0.2, -0.15) is 18.2 Å². The van der Waals surface area contributed by atoms with Crippen molar-refractivity contribution in [3.63, 3.8) is 0 Å². The van der Waals surface area contributed by atoms with Crippen LogP contribution in [-0.4, -0.2) is 18.6 Å². The maximum absolute atomic E-state index is 12.0. The molecular formula is C14H14N4O2S. The molecule has 0 radical (unpaired) electrons. The summed E-state index contributed by atoms with van der Waals surface area (Å²) in [5, 5.41) is 7.62. The summed E-state index contributed by atoms with van der Waals surface area (Å²) >= 11 is 0. The molecule has 21 heavy (non-hydrogen) atoms. The third-order valence-corrected chi connectivity index (χ3v) is 4.03. The van der Waals surface area contributed by atoms with Gasteiger partial charge >= 0.3 is 0 Å². The van der Waals surface area contributed by atoms with E-state index in [0.29, 0.717) is 5.69 Å². The maximum atomic E-state index is 12.0. The van der Waals surface area contributed by atoms with Gasteiger partial charge in [0.2, 0.25) is 0 Å². The smallest absolute Gasteiger partial charge is 0.278 e. The maximum Gasteiger partial charge on any atom is 0.299 e. The molecule has 0 aliphatic heterocycles. The second-order valence-corrected chi connectivity index (χ2v) is 6.08. The molecule has 0 aliphatic carbocycles. The Bertz CT molecular complexity index is 844. The third kappa shape index (κ3) is 3.39. The van der Waals surface area contributed by atoms with Crippen molar-refractivity contribution in [1.29, 1.82) is 0 Å². The lowest BCUT2D eigenvalue weighted by molar-refractivity contribution is 0.587. The number of H-pyrrole nitrogens is 1. The van der Waals surface area contributed by atoms with Crippen LogP contribution in [0.15, 0.2) is 54.7 Å². The number of fused-ring (bicyclic) bond motifs is 1. The number of aromatic amines is 1. The first-order valence-corrected chi connectivity index (χ1v) is 7.85. The summed E-state index contributed by atoms with van der Waals surface area (Å²) in [5.41, 5.74) is 2.15. The molecule has 0 bridgehead atoms. The monoisotopic (exact) mass is 302 g/mol. The standard InChI is InChI=1S/C14H14N4O2S/c19-21(20,16-9-11-4-2-1-3-5-11)18-13-7-6-12-10-15-17-14(12)8-13/h1-8,10,16,18H,9H2,(H,15,17). The predicted octanol–water partition coefficient (Wildman–Crippen LogP) is 2.01. The van der Waals surface area contributed by atoms with Crippen molar-refractivity contribution in [3.05, 3.63) is 60.3 Å². The Morgan fingerprint density at radius 3 is 2.71 bits per heavy atom. The van der Waals surface area contributed by atoms with E-state index in [2.05, 4.69) is 19.6 Å². The first-order chi connectivity index (χ1) is 10.1. The number of nitrogens with zero attached hydrogens (tertiary/aromatic N) is 1. The zero-order chi connectivity index (χ0) is 14.7. The Labute approximate surface area is 122 Å². The van der Waals surface area contributed by atoms with Crippen LogP contribution < -0.4 is 9.44 Å². The van der Waals surface area contributed by atoms with Gasteiger partial charge in [-0.25, -0.2) is 0 Å². The Hall–Kier alpha value is -2.38.